The highest BCUT2D eigenvalue weighted by Crippen LogP contribution is 2.31. The second-order valence-electron chi connectivity index (χ2n) is 3.66. The van der Waals surface area contributed by atoms with Crippen LogP contribution in [0.1, 0.15) is 11.9 Å². The van der Waals surface area contributed by atoms with Crippen molar-refractivity contribution in [2.75, 3.05) is 11.9 Å². The smallest absolute Gasteiger partial charge is 0.134 e. The van der Waals surface area contributed by atoms with E-state index in [9.17, 15) is 9.50 Å². The van der Waals surface area contributed by atoms with Crippen molar-refractivity contribution in [3.8, 4) is 0 Å². The maximum absolute atomic E-state index is 13.0. The number of anilines is 1. The predicted octanol–water partition coefficient (Wildman–Crippen LogP) is 3.87. The fourth-order valence-electron chi connectivity index (χ4n) is 1.49. The Morgan fingerprint density at radius 1 is 1.33 bits per heavy atom. The highest BCUT2D eigenvalue weighted by Gasteiger charge is 2.13. The summed E-state index contributed by atoms with van der Waals surface area (Å²) in [6.07, 6.45) is 0.633. The lowest BCUT2D eigenvalue weighted by molar-refractivity contribution is 0.162. The van der Waals surface area contributed by atoms with Gasteiger partial charge in [-0.05, 0) is 24.3 Å². The molecule has 0 saturated carbocycles. The van der Waals surface area contributed by atoms with E-state index >= 15 is 0 Å². The topological polar surface area (TPSA) is 45.4 Å². The minimum atomic E-state index is -0.836. The maximum Gasteiger partial charge on any atom is 0.134 e. The van der Waals surface area contributed by atoms with Gasteiger partial charge >= 0.3 is 0 Å². The van der Waals surface area contributed by atoms with Gasteiger partial charge in [0, 0.05) is 6.54 Å². The number of benzene rings is 1. The average Bonchev–Trinajstić information content (AvgIpc) is 2.80. The van der Waals surface area contributed by atoms with Crippen molar-refractivity contribution in [1.82, 2.24) is 0 Å². The highest BCUT2D eigenvalue weighted by atomic mass is 35.5. The number of halogens is 3. The van der Waals surface area contributed by atoms with Gasteiger partial charge in [0.25, 0.3) is 0 Å². The van der Waals surface area contributed by atoms with E-state index in [4.69, 9.17) is 27.6 Å². The summed E-state index contributed by atoms with van der Waals surface area (Å²) in [5, 5.41) is 13.0. The van der Waals surface area contributed by atoms with E-state index in [1.807, 2.05) is 0 Å². The molecule has 18 heavy (non-hydrogen) atoms. The minimum absolute atomic E-state index is 0.151. The molecule has 0 fully saturated rings. The van der Waals surface area contributed by atoms with Gasteiger partial charge in [-0.15, -0.1) is 0 Å². The summed E-state index contributed by atoms with van der Waals surface area (Å²) in [6, 6.07) is 5.63. The van der Waals surface area contributed by atoms with E-state index in [1.165, 1.54) is 6.26 Å². The van der Waals surface area contributed by atoms with Gasteiger partial charge in [-0.1, -0.05) is 23.2 Å². The predicted molar refractivity (Wildman–Crippen MR) is 68.6 cm³/mol. The highest BCUT2D eigenvalue weighted by molar-refractivity contribution is 6.39. The maximum atomic E-state index is 13.0. The summed E-state index contributed by atoms with van der Waals surface area (Å²) >= 11 is 11.7. The molecule has 3 nitrogen and oxygen atoms in total. The normalized spacial score (nSPS) is 12.4. The lowest BCUT2D eigenvalue weighted by Gasteiger charge is -2.13. The van der Waals surface area contributed by atoms with Crippen LogP contribution in [0.5, 0.6) is 0 Å². The van der Waals surface area contributed by atoms with E-state index in [0.29, 0.717) is 11.4 Å². The van der Waals surface area contributed by atoms with Gasteiger partial charge in [-0.25, -0.2) is 4.39 Å². The molecular formula is C12H10Cl2FNO2. The Bertz CT molecular complexity index is 508. The Balaban J connectivity index is 2.07. The molecule has 0 spiro atoms. The van der Waals surface area contributed by atoms with Crippen LogP contribution in [0.3, 0.4) is 0 Å². The Morgan fingerprint density at radius 2 is 2.00 bits per heavy atom. The number of nitrogens with one attached hydrogen (secondary N) is 1. The van der Waals surface area contributed by atoms with E-state index < -0.39 is 11.9 Å². The first-order valence-corrected chi connectivity index (χ1v) is 5.93. The summed E-state index contributed by atoms with van der Waals surface area (Å²) in [6.45, 7) is 0.151. The minimum Gasteiger partial charge on any atom is -0.467 e. The standard InChI is InChI=1S/C12H10Cl2FNO2/c13-8-4-7(15)5-9(14)12(8)16-6-10(17)11-2-1-3-18-11/h1-5,10,16-17H,6H2. The molecule has 6 heteroatoms. The second-order valence-corrected chi connectivity index (χ2v) is 4.47. The SMILES string of the molecule is OC(CNc1c(Cl)cc(F)cc1Cl)c1ccco1. The molecule has 1 unspecified atom stereocenters. The molecule has 0 amide bonds. The number of hydrogen-bond acceptors (Lipinski definition) is 3. The zero-order chi connectivity index (χ0) is 13.1. The quantitative estimate of drug-likeness (QED) is 0.898. The zero-order valence-corrected chi connectivity index (χ0v) is 10.7. The first kappa shape index (κ1) is 13.2. The first-order chi connectivity index (χ1) is 8.58. The fraction of sp³-hybridized carbons (Fsp3) is 0.167. The molecule has 0 radical (unpaired) electrons. The van der Waals surface area contributed by atoms with Crippen LogP contribution >= 0.6 is 23.2 Å². The third-order valence-electron chi connectivity index (χ3n) is 2.35. The third kappa shape index (κ3) is 2.96. The summed E-state index contributed by atoms with van der Waals surface area (Å²) in [5.41, 5.74) is 0.380. The summed E-state index contributed by atoms with van der Waals surface area (Å²) < 4.78 is 18.0. The van der Waals surface area contributed by atoms with E-state index in [2.05, 4.69) is 5.32 Å². The van der Waals surface area contributed by atoms with Crippen molar-refractivity contribution in [3.63, 3.8) is 0 Å². The molecule has 2 aromatic rings. The summed E-state index contributed by atoms with van der Waals surface area (Å²) in [7, 11) is 0. The van der Waals surface area contributed by atoms with Crippen molar-refractivity contribution in [2.45, 2.75) is 6.10 Å². The average molecular weight is 290 g/mol. The molecule has 2 rings (SSSR count). The second kappa shape index (κ2) is 5.61. The van der Waals surface area contributed by atoms with Crippen LogP contribution < -0.4 is 5.32 Å². The molecule has 1 aromatic carbocycles. The lowest BCUT2D eigenvalue weighted by atomic mass is 10.2. The molecular weight excluding hydrogens is 280 g/mol. The molecule has 2 N–H and O–H groups in total. The van der Waals surface area contributed by atoms with Crippen LogP contribution in [0.15, 0.2) is 34.9 Å². The molecule has 0 saturated heterocycles. The summed E-state index contributed by atoms with van der Waals surface area (Å²) in [4.78, 5) is 0. The van der Waals surface area contributed by atoms with Crippen LogP contribution in [-0.2, 0) is 0 Å². The molecule has 0 aliphatic heterocycles. The van der Waals surface area contributed by atoms with Gasteiger partial charge in [0.05, 0.1) is 22.0 Å². The number of furan rings is 1. The number of aliphatic hydroxyl groups is 1. The largest absolute Gasteiger partial charge is 0.467 e. The fourth-order valence-corrected chi connectivity index (χ4v) is 2.09. The Morgan fingerprint density at radius 3 is 2.56 bits per heavy atom. The molecule has 1 atom stereocenters. The van der Waals surface area contributed by atoms with Gasteiger partial charge in [-0.3, -0.25) is 0 Å². The van der Waals surface area contributed by atoms with Crippen LogP contribution in [0.25, 0.3) is 0 Å². The van der Waals surface area contributed by atoms with Crippen molar-refractivity contribution in [2.24, 2.45) is 0 Å². The monoisotopic (exact) mass is 289 g/mol. The van der Waals surface area contributed by atoms with Crippen LogP contribution in [0.4, 0.5) is 10.1 Å². The molecule has 0 aliphatic rings. The molecule has 0 aliphatic carbocycles. The Kier molecular flexibility index (Phi) is 4.11. The summed E-state index contributed by atoms with van der Waals surface area (Å²) in [5.74, 6) is -0.0843. The lowest BCUT2D eigenvalue weighted by Crippen LogP contribution is -2.12. The van der Waals surface area contributed by atoms with Gasteiger partial charge in [0.1, 0.15) is 17.7 Å². The molecule has 96 valence electrons. The van der Waals surface area contributed by atoms with Gasteiger partial charge in [-0.2, -0.15) is 0 Å². The van der Waals surface area contributed by atoms with E-state index in [-0.39, 0.29) is 16.6 Å². The van der Waals surface area contributed by atoms with Crippen molar-refractivity contribution < 1.29 is 13.9 Å². The van der Waals surface area contributed by atoms with Gasteiger partial charge in [0.2, 0.25) is 0 Å². The number of rotatable bonds is 4. The van der Waals surface area contributed by atoms with Crippen molar-refractivity contribution in [1.29, 1.82) is 0 Å². The van der Waals surface area contributed by atoms with E-state index in [0.717, 1.165) is 12.1 Å². The first-order valence-electron chi connectivity index (χ1n) is 5.18. The molecule has 1 heterocycles. The van der Waals surface area contributed by atoms with Gasteiger partial charge < -0.3 is 14.8 Å². The molecule has 0 bridgehead atoms. The van der Waals surface area contributed by atoms with Crippen LogP contribution in [-0.4, -0.2) is 11.7 Å². The van der Waals surface area contributed by atoms with E-state index in [1.54, 1.807) is 12.1 Å². The van der Waals surface area contributed by atoms with Crippen LogP contribution in [0, 0.1) is 5.82 Å². The molecule has 1 aromatic heterocycles. The number of aliphatic hydroxyl groups excluding tert-OH is 1. The zero-order valence-electron chi connectivity index (χ0n) is 9.16. The third-order valence-corrected chi connectivity index (χ3v) is 2.95. The van der Waals surface area contributed by atoms with Crippen LogP contribution in [0.2, 0.25) is 10.0 Å². The Labute approximate surface area is 113 Å². The van der Waals surface area contributed by atoms with Crippen molar-refractivity contribution >= 4 is 28.9 Å². The number of hydrogen-bond donors (Lipinski definition) is 2. The van der Waals surface area contributed by atoms with Gasteiger partial charge in [0.15, 0.2) is 0 Å². The Hall–Kier alpha value is -1.23. The van der Waals surface area contributed by atoms with Crippen molar-refractivity contribution in [3.05, 3.63) is 52.2 Å².